The summed E-state index contributed by atoms with van der Waals surface area (Å²) in [6, 6.07) is 0. The SMILES string of the molecule is COC(=O)C(CN)C1CC[C@H]2C[C@@H]1C2(C)C. The molecule has 0 amide bonds. The zero-order chi connectivity index (χ0) is 11.9. The summed E-state index contributed by atoms with van der Waals surface area (Å²) in [6.45, 7) is 5.10. The molecular weight excluding hydrogens is 202 g/mol. The van der Waals surface area contributed by atoms with E-state index in [1.807, 2.05) is 0 Å². The number of nitrogens with two attached hydrogens (primary N) is 1. The molecular formula is C13H23NO2. The Morgan fingerprint density at radius 3 is 2.62 bits per heavy atom. The van der Waals surface area contributed by atoms with E-state index >= 15 is 0 Å². The van der Waals surface area contributed by atoms with Crippen molar-refractivity contribution >= 4 is 5.97 Å². The van der Waals surface area contributed by atoms with E-state index < -0.39 is 0 Å². The average Bonchev–Trinajstić information content (AvgIpc) is 2.29. The normalized spacial score (nSPS) is 37.4. The molecule has 2 N–H and O–H groups in total. The van der Waals surface area contributed by atoms with Gasteiger partial charge < -0.3 is 10.5 Å². The average molecular weight is 225 g/mol. The molecule has 2 unspecified atom stereocenters. The molecule has 3 saturated carbocycles. The molecule has 16 heavy (non-hydrogen) atoms. The van der Waals surface area contributed by atoms with Gasteiger partial charge in [-0.15, -0.1) is 0 Å². The summed E-state index contributed by atoms with van der Waals surface area (Å²) in [4.78, 5) is 11.7. The zero-order valence-corrected chi connectivity index (χ0v) is 10.5. The van der Waals surface area contributed by atoms with Gasteiger partial charge in [0.15, 0.2) is 0 Å². The molecule has 0 spiro atoms. The minimum absolute atomic E-state index is 0.0875. The van der Waals surface area contributed by atoms with E-state index in [4.69, 9.17) is 10.5 Å². The van der Waals surface area contributed by atoms with Crippen molar-refractivity contribution in [1.29, 1.82) is 0 Å². The minimum Gasteiger partial charge on any atom is -0.469 e. The van der Waals surface area contributed by atoms with Crippen molar-refractivity contribution in [1.82, 2.24) is 0 Å². The molecule has 2 bridgehead atoms. The van der Waals surface area contributed by atoms with Crippen LogP contribution in [-0.4, -0.2) is 19.6 Å². The summed E-state index contributed by atoms with van der Waals surface area (Å²) in [5.41, 5.74) is 6.15. The second kappa shape index (κ2) is 4.02. The Labute approximate surface area is 97.7 Å². The third-order valence-electron chi connectivity index (χ3n) is 5.19. The Morgan fingerprint density at radius 1 is 1.50 bits per heavy atom. The standard InChI is InChI=1S/C13H23NO2/c1-13(2)8-4-5-9(11(13)6-8)10(7-14)12(15)16-3/h8-11H,4-7,14H2,1-3H3/t8-,9?,10?,11-/m0/s1. The number of carbonyl (C=O) groups is 1. The van der Waals surface area contributed by atoms with Crippen molar-refractivity contribution in [3.63, 3.8) is 0 Å². The van der Waals surface area contributed by atoms with Crippen molar-refractivity contribution < 1.29 is 9.53 Å². The number of carbonyl (C=O) groups excluding carboxylic acids is 1. The number of hydrogen-bond donors (Lipinski definition) is 1. The largest absolute Gasteiger partial charge is 0.469 e. The van der Waals surface area contributed by atoms with E-state index in [0.29, 0.717) is 23.8 Å². The van der Waals surface area contributed by atoms with Crippen LogP contribution in [0.5, 0.6) is 0 Å². The Kier molecular flexibility index (Phi) is 2.99. The number of hydrogen-bond acceptors (Lipinski definition) is 3. The molecule has 0 aromatic heterocycles. The van der Waals surface area contributed by atoms with Gasteiger partial charge in [0.05, 0.1) is 13.0 Å². The maximum absolute atomic E-state index is 11.7. The Balaban J connectivity index is 2.11. The zero-order valence-electron chi connectivity index (χ0n) is 10.5. The Morgan fingerprint density at radius 2 is 2.19 bits per heavy atom. The first kappa shape index (κ1) is 11.9. The summed E-state index contributed by atoms with van der Waals surface area (Å²) >= 11 is 0. The van der Waals surface area contributed by atoms with Crippen LogP contribution in [0.15, 0.2) is 0 Å². The van der Waals surface area contributed by atoms with E-state index in [9.17, 15) is 4.79 Å². The van der Waals surface area contributed by atoms with Gasteiger partial charge in [-0.3, -0.25) is 4.79 Å². The van der Waals surface area contributed by atoms with Gasteiger partial charge >= 0.3 is 5.97 Å². The highest BCUT2D eigenvalue weighted by molar-refractivity contribution is 5.73. The molecule has 3 aliphatic rings. The first-order chi connectivity index (χ1) is 7.52. The van der Waals surface area contributed by atoms with Crippen molar-refractivity contribution in [2.75, 3.05) is 13.7 Å². The van der Waals surface area contributed by atoms with Gasteiger partial charge in [0.25, 0.3) is 0 Å². The van der Waals surface area contributed by atoms with Crippen LogP contribution in [0.25, 0.3) is 0 Å². The maximum atomic E-state index is 11.7. The van der Waals surface area contributed by atoms with Crippen molar-refractivity contribution in [3.05, 3.63) is 0 Å². The predicted octanol–water partition coefficient (Wildman–Crippen LogP) is 1.81. The first-order valence-corrected chi connectivity index (χ1v) is 6.30. The highest BCUT2D eigenvalue weighted by atomic mass is 16.5. The van der Waals surface area contributed by atoms with Gasteiger partial charge in [-0.25, -0.2) is 0 Å². The second-order valence-electron chi connectivity index (χ2n) is 5.97. The summed E-state index contributed by atoms with van der Waals surface area (Å²) in [6.07, 6.45) is 3.68. The van der Waals surface area contributed by atoms with Crippen LogP contribution >= 0.6 is 0 Å². The molecule has 0 aromatic carbocycles. The fourth-order valence-electron chi connectivity index (χ4n) is 3.95. The first-order valence-electron chi connectivity index (χ1n) is 6.30. The van der Waals surface area contributed by atoms with Gasteiger partial charge in [0.1, 0.15) is 0 Å². The van der Waals surface area contributed by atoms with Crippen LogP contribution in [0.2, 0.25) is 0 Å². The molecule has 0 aliphatic heterocycles. The van der Waals surface area contributed by atoms with Gasteiger partial charge in [-0.2, -0.15) is 0 Å². The van der Waals surface area contributed by atoms with Crippen molar-refractivity contribution in [2.45, 2.75) is 33.1 Å². The molecule has 3 nitrogen and oxygen atoms in total. The molecule has 0 heterocycles. The lowest BCUT2D eigenvalue weighted by atomic mass is 9.44. The lowest BCUT2D eigenvalue weighted by molar-refractivity contribution is -0.160. The third kappa shape index (κ3) is 1.56. The van der Waals surface area contributed by atoms with Gasteiger partial charge in [-0.05, 0) is 42.4 Å². The fraction of sp³-hybridized carbons (Fsp3) is 0.923. The number of methoxy groups -OCH3 is 1. The number of fused-ring (bicyclic) bond motifs is 2. The topological polar surface area (TPSA) is 52.3 Å². The molecule has 3 fully saturated rings. The Hall–Kier alpha value is -0.570. The molecule has 4 atom stereocenters. The van der Waals surface area contributed by atoms with Crippen LogP contribution in [0.1, 0.15) is 33.1 Å². The highest BCUT2D eigenvalue weighted by Gasteiger charge is 2.56. The lowest BCUT2D eigenvalue weighted by Crippen LogP contribution is -2.55. The quantitative estimate of drug-likeness (QED) is 0.745. The van der Waals surface area contributed by atoms with Crippen LogP contribution < -0.4 is 5.73 Å². The van der Waals surface area contributed by atoms with Gasteiger partial charge in [-0.1, -0.05) is 13.8 Å². The molecule has 0 radical (unpaired) electrons. The van der Waals surface area contributed by atoms with Gasteiger partial charge in [0.2, 0.25) is 0 Å². The summed E-state index contributed by atoms with van der Waals surface area (Å²) in [5, 5.41) is 0. The molecule has 3 aliphatic carbocycles. The van der Waals surface area contributed by atoms with Crippen molar-refractivity contribution in [3.8, 4) is 0 Å². The van der Waals surface area contributed by atoms with Crippen LogP contribution in [0.3, 0.4) is 0 Å². The fourth-order valence-corrected chi connectivity index (χ4v) is 3.95. The van der Waals surface area contributed by atoms with E-state index in [1.54, 1.807) is 0 Å². The Bertz CT molecular complexity index is 286. The molecule has 0 saturated heterocycles. The predicted molar refractivity (Wildman–Crippen MR) is 62.7 cm³/mol. The van der Waals surface area contributed by atoms with E-state index in [-0.39, 0.29) is 11.9 Å². The summed E-state index contributed by atoms with van der Waals surface area (Å²) in [7, 11) is 1.46. The van der Waals surface area contributed by atoms with Crippen LogP contribution in [0.4, 0.5) is 0 Å². The van der Waals surface area contributed by atoms with E-state index in [2.05, 4.69) is 13.8 Å². The van der Waals surface area contributed by atoms with Crippen LogP contribution in [0, 0.1) is 29.1 Å². The smallest absolute Gasteiger partial charge is 0.310 e. The summed E-state index contributed by atoms with van der Waals surface area (Å²) < 4.78 is 4.87. The van der Waals surface area contributed by atoms with E-state index in [0.717, 1.165) is 12.3 Å². The van der Waals surface area contributed by atoms with Crippen molar-refractivity contribution in [2.24, 2.45) is 34.8 Å². The molecule has 0 aromatic rings. The third-order valence-corrected chi connectivity index (χ3v) is 5.19. The van der Waals surface area contributed by atoms with Gasteiger partial charge in [0, 0.05) is 6.54 Å². The number of rotatable bonds is 3. The number of esters is 1. The number of ether oxygens (including phenoxy) is 1. The lowest BCUT2D eigenvalue weighted by Gasteiger charge is -2.61. The highest BCUT2D eigenvalue weighted by Crippen LogP contribution is 2.62. The molecule has 3 heteroatoms. The summed E-state index contributed by atoms with van der Waals surface area (Å²) in [5.74, 6) is 1.77. The molecule has 92 valence electrons. The monoisotopic (exact) mass is 225 g/mol. The van der Waals surface area contributed by atoms with E-state index in [1.165, 1.54) is 20.0 Å². The minimum atomic E-state index is -0.117. The van der Waals surface area contributed by atoms with Crippen LogP contribution in [-0.2, 0) is 9.53 Å². The molecule has 3 rings (SSSR count). The maximum Gasteiger partial charge on any atom is 0.310 e. The second-order valence-corrected chi connectivity index (χ2v) is 5.97.